The monoisotopic (exact) mass is 218 g/mol. The second kappa shape index (κ2) is 3.27. The fourth-order valence-corrected chi connectivity index (χ4v) is 2.42. The Bertz CT molecular complexity index is 542. The van der Waals surface area contributed by atoms with Crippen LogP contribution < -0.4 is 0 Å². The van der Waals surface area contributed by atoms with Gasteiger partial charge in [-0.3, -0.25) is 0 Å². The van der Waals surface area contributed by atoms with Crippen LogP contribution in [0.3, 0.4) is 0 Å². The predicted molar refractivity (Wildman–Crippen MR) is 58.1 cm³/mol. The minimum Gasteiger partial charge on any atom is -0.235 e. The van der Waals surface area contributed by atoms with Crippen LogP contribution in [0.1, 0.15) is 23.6 Å². The summed E-state index contributed by atoms with van der Waals surface area (Å²) in [4.78, 5) is 0. The van der Waals surface area contributed by atoms with Gasteiger partial charge < -0.3 is 0 Å². The first kappa shape index (κ1) is 8.79. The molecule has 0 saturated heterocycles. The van der Waals surface area contributed by atoms with Gasteiger partial charge in [-0.25, -0.2) is 4.68 Å². The van der Waals surface area contributed by atoms with Crippen molar-refractivity contribution in [2.75, 3.05) is 0 Å². The number of tetrazole rings is 1. The molecule has 3 rings (SSSR count). The highest BCUT2D eigenvalue weighted by atomic mass is 32.1. The summed E-state index contributed by atoms with van der Waals surface area (Å²) >= 11 is 5.11. The molecule has 4 nitrogen and oxygen atoms in total. The third-order valence-corrected chi connectivity index (χ3v) is 3.19. The summed E-state index contributed by atoms with van der Waals surface area (Å²) in [6.07, 6.45) is 2.17. The number of aryl methyl sites for hydroxylation is 1. The summed E-state index contributed by atoms with van der Waals surface area (Å²) in [5.41, 5.74) is 2.73. The quantitative estimate of drug-likeness (QED) is 0.743. The van der Waals surface area contributed by atoms with Crippen LogP contribution in [0.4, 0.5) is 0 Å². The van der Waals surface area contributed by atoms with E-state index < -0.39 is 0 Å². The zero-order valence-corrected chi connectivity index (χ0v) is 8.87. The maximum Gasteiger partial charge on any atom is 0.238 e. The van der Waals surface area contributed by atoms with Gasteiger partial charge in [0.1, 0.15) is 0 Å². The second-order valence-electron chi connectivity index (χ2n) is 3.71. The highest BCUT2D eigenvalue weighted by Crippen LogP contribution is 2.33. The molecule has 1 heterocycles. The number of aromatic amines is 1. The van der Waals surface area contributed by atoms with E-state index in [9.17, 15) is 0 Å². The number of hydrogen-bond acceptors (Lipinski definition) is 3. The van der Waals surface area contributed by atoms with Crippen molar-refractivity contribution >= 4 is 12.2 Å². The molecule has 0 unspecified atom stereocenters. The number of rotatable bonds is 1. The Hall–Kier alpha value is -1.49. The average molecular weight is 218 g/mol. The summed E-state index contributed by atoms with van der Waals surface area (Å²) in [7, 11) is 0. The van der Waals surface area contributed by atoms with Gasteiger partial charge in [-0.05, 0) is 36.2 Å². The van der Waals surface area contributed by atoms with Gasteiger partial charge >= 0.3 is 0 Å². The van der Waals surface area contributed by atoms with Crippen molar-refractivity contribution in [3.63, 3.8) is 0 Å². The standard InChI is InChI=1S/C10H10N4S/c15-10-11-12-13-14(10)9-6-5-7-3-1-2-4-8(7)9/h1-4,9H,5-6H2,(H,11,13,15)/t9-/m0/s1. The van der Waals surface area contributed by atoms with Crippen molar-refractivity contribution in [1.29, 1.82) is 0 Å². The molecular weight excluding hydrogens is 208 g/mol. The summed E-state index contributed by atoms with van der Waals surface area (Å²) in [5.74, 6) is 0. The lowest BCUT2D eigenvalue weighted by Crippen LogP contribution is -2.09. The Morgan fingerprint density at radius 1 is 1.40 bits per heavy atom. The van der Waals surface area contributed by atoms with Crippen molar-refractivity contribution in [2.45, 2.75) is 18.9 Å². The molecule has 2 aromatic rings. The molecule has 0 radical (unpaired) electrons. The maximum absolute atomic E-state index is 5.11. The summed E-state index contributed by atoms with van der Waals surface area (Å²) in [6, 6.07) is 8.73. The number of aromatic nitrogens is 4. The van der Waals surface area contributed by atoms with E-state index in [0.717, 1.165) is 12.8 Å². The summed E-state index contributed by atoms with van der Waals surface area (Å²) < 4.78 is 2.39. The van der Waals surface area contributed by atoms with Gasteiger partial charge in [-0.2, -0.15) is 5.21 Å². The third-order valence-electron chi connectivity index (χ3n) is 2.91. The lowest BCUT2D eigenvalue weighted by Gasteiger charge is -2.11. The van der Waals surface area contributed by atoms with Gasteiger partial charge in [0, 0.05) is 0 Å². The minimum absolute atomic E-state index is 0.281. The fraction of sp³-hybridized carbons (Fsp3) is 0.300. The molecule has 1 atom stereocenters. The Morgan fingerprint density at radius 2 is 2.27 bits per heavy atom. The van der Waals surface area contributed by atoms with Gasteiger partial charge in [-0.1, -0.05) is 34.6 Å². The summed E-state index contributed by atoms with van der Waals surface area (Å²) in [5, 5.41) is 10.4. The molecule has 0 saturated carbocycles. The first-order valence-electron chi connectivity index (χ1n) is 4.93. The van der Waals surface area contributed by atoms with Crippen molar-refractivity contribution in [3.05, 3.63) is 40.2 Å². The first-order chi connectivity index (χ1) is 7.36. The number of nitrogens with zero attached hydrogens (tertiary/aromatic N) is 3. The van der Waals surface area contributed by atoms with Crippen LogP contribution in [-0.2, 0) is 6.42 Å². The number of H-pyrrole nitrogens is 1. The molecule has 15 heavy (non-hydrogen) atoms. The molecule has 1 aliphatic rings. The van der Waals surface area contributed by atoms with E-state index in [0.29, 0.717) is 4.77 Å². The molecular formula is C10H10N4S. The van der Waals surface area contributed by atoms with Crippen LogP contribution in [0.5, 0.6) is 0 Å². The lowest BCUT2D eigenvalue weighted by atomic mass is 10.1. The van der Waals surface area contributed by atoms with E-state index in [4.69, 9.17) is 12.2 Å². The van der Waals surface area contributed by atoms with Crippen LogP contribution in [0.2, 0.25) is 0 Å². The number of nitrogens with one attached hydrogen (secondary N) is 1. The van der Waals surface area contributed by atoms with E-state index in [1.807, 2.05) is 4.68 Å². The average Bonchev–Trinajstić information content (AvgIpc) is 2.83. The lowest BCUT2D eigenvalue weighted by molar-refractivity contribution is 0.499. The zero-order chi connectivity index (χ0) is 10.3. The van der Waals surface area contributed by atoms with Gasteiger partial charge in [0.25, 0.3) is 0 Å². The van der Waals surface area contributed by atoms with Crippen molar-refractivity contribution in [3.8, 4) is 0 Å². The number of hydrogen-bond donors (Lipinski definition) is 1. The van der Waals surface area contributed by atoms with Crippen LogP contribution in [0.25, 0.3) is 0 Å². The number of benzene rings is 1. The molecule has 0 amide bonds. The van der Waals surface area contributed by atoms with Crippen molar-refractivity contribution in [2.24, 2.45) is 0 Å². The fourth-order valence-electron chi connectivity index (χ4n) is 2.21. The Balaban J connectivity index is 2.12. The van der Waals surface area contributed by atoms with Crippen LogP contribution in [-0.4, -0.2) is 20.2 Å². The van der Waals surface area contributed by atoms with Crippen LogP contribution in [0.15, 0.2) is 24.3 Å². The predicted octanol–water partition coefficient (Wildman–Crippen LogP) is 1.87. The maximum atomic E-state index is 5.11. The largest absolute Gasteiger partial charge is 0.238 e. The van der Waals surface area contributed by atoms with E-state index in [-0.39, 0.29) is 6.04 Å². The molecule has 5 heteroatoms. The highest BCUT2D eigenvalue weighted by Gasteiger charge is 2.24. The molecule has 0 fully saturated rings. The normalized spacial score (nSPS) is 19.1. The molecule has 0 aliphatic heterocycles. The Labute approximate surface area is 91.9 Å². The Kier molecular flexibility index (Phi) is 1.92. The molecule has 1 aromatic heterocycles. The topological polar surface area (TPSA) is 46.5 Å². The Morgan fingerprint density at radius 3 is 3.07 bits per heavy atom. The first-order valence-corrected chi connectivity index (χ1v) is 5.34. The van der Waals surface area contributed by atoms with Gasteiger partial charge in [0.2, 0.25) is 4.77 Å². The molecule has 1 aromatic carbocycles. The van der Waals surface area contributed by atoms with E-state index in [2.05, 4.69) is 39.8 Å². The van der Waals surface area contributed by atoms with Gasteiger partial charge in [0.05, 0.1) is 6.04 Å². The van der Waals surface area contributed by atoms with E-state index >= 15 is 0 Å². The highest BCUT2D eigenvalue weighted by molar-refractivity contribution is 7.71. The summed E-state index contributed by atoms with van der Waals surface area (Å²) in [6.45, 7) is 0. The molecule has 1 N–H and O–H groups in total. The van der Waals surface area contributed by atoms with Gasteiger partial charge in [-0.15, -0.1) is 0 Å². The van der Waals surface area contributed by atoms with Crippen molar-refractivity contribution < 1.29 is 0 Å². The van der Waals surface area contributed by atoms with Crippen LogP contribution >= 0.6 is 12.2 Å². The number of fused-ring (bicyclic) bond motifs is 1. The molecule has 0 spiro atoms. The van der Waals surface area contributed by atoms with Crippen LogP contribution in [0, 0.1) is 4.77 Å². The van der Waals surface area contributed by atoms with E-state index in [1.54, 1.807) is 0 Å². The molecule has 0 bridgehead atoms. The minimum atomic E-state index is 0.281. The zero-order valence-electron chi connectivity index (χ0n) is 8.05. The van der Waals surface area contributed by atoms with Crippen molar-refractivity contribution in [1.82, 2.24) is 20.2 Å². The molecule has 76 valence electrons. The van der Waals surface area contributed by atoms with Gasteiger partial charge in [0.15, 0.2) is 0 Å². The smallest absolute Gasteiger partial charge is 0.235 e. The molecule has 1 aliphatic carbocycles. The third kappa shape index (κ3) is 1.31. The van der Waals surface area contributed by atoms with E-state index in [1.165, 1.54) is 11.1 Å². The second-order valence-corrected chi connectivity index (χ2v) is 4.07. The SMILES string of the molecule is S=c1nn[nH]n1[C@H]1CCc2ccccc21.